The zero-order valence-corrected chi connectivity index (χ0v) is 9.62. The molecule has 0 heterocycles. The van der Waals surface area contributed by atoms with Crippen molar-refractivity contribution in [3.05, 3.63) is 29.8 Å². The van der Waals surface area contributed by atoms with Crippen LogP contribution in [0.1, 0.15) is 32.8 Å². The Hall–Kier alpha value is -1.31. The van der Waals surface area contributed by atoms with Crippen LogP contribution in [0, 0.1) is 0 Å². The monoisotopic (exact) mass is 206 g/mol. The van der Waals surface area contributed by atoms with Gasteiger partial charge in [-0.15, -0.1) is 0 Å². The number of rotatable bonds is 4. The van der Waals surface area contributed by atoms with Crippen molar-refractivity contribution in [3.63, 3.8) is 0 Å². The quantitative estimate of drug-likeness (QED) is 0.559. The SMILES string of the molecule is CC(C)(C)c1cccc(OCCC=O)c1. The number of benzene rings is 1. The molecule has 0 fully saturated rings. The molecule has 15 heavy (non-hydrogen) atoms. The summed E-state index contributed by atoms with van der Waals surface area (Å²) in [6.45, 7) is 6.95. The average molecular weight is 206 g/mol. The van der Waals surface area contributed by atoms with E-state index in [9.17, 15) is 4.79 Å². The van der Waals surface area contributed by atoms with Gasteiger partial charge in [0.1, 0.15) is 12.0 Å². The fourth-order valence-corrected chi connectivity index (χ4v) is 1.28. The Kier molecular flexibility index (Phi) is 3.89. The summed E-state index contributed by atoms with van der Waals surface area (Å²) in [5, 5.41) is 0. The van der Waals surface area contributed by atoms with Gasteiger partial charge in [-0.1, -0.05) is 32.9 Å². The van der Waals surface area contributed by atoms with Crippen molar-refractivity contribution < 1.29 is 9.53 Å². The first kappa shape index (κ1) is 11.8. The lowest BCUT2D eigenvalue weighted by Crippen LogP contribution is -2.11. The second kappa shape index (κ2) is 4.96. The van der Waals surface area contributed by atoms with Gasteiger partial charge >= 0.3 is 0 Å². The van der Waals surface area contributed by atoms with Crippen molar-refractivity contribution in [1.29, 1.82) is 0 Å². The Balaban J connectivity index is 2.70. The minimum absolute atomic E-state index is 0.129. The Bertz CT molecular complexity index is 324. The van der Waals surface area contributed by atoms with Gasteiger partial charge in [0.2, 0.25) is 0 Å². The van der Waals surface area contributed by atoms with Crippen LogP contribution in [0.2, 0.25) is 0 Å². The molecule has 82 valence electrons. The summed E-state index contributed by atoms with van der Waals surface area (Å²) in [6.07, 6.45) is 1.31. The zero-order chi connectivity index (χ0) is 11.3. The van der Waals surface area contributed by atoms with Gasteiger partial charge < -0.3 is 9.53 Å². The first-order chi connectivity index (χ1) is 7.04. The van der Waals surface area contributed by atoms with Crippen LogP contribution in [-0.2, 0) is 10.2 Å². The van der Waals surface area contributed by atoms with Gasteiger partial charge in [-0.05, 0) is 23.1 Å². The van der Waals surface area contributed by atoms with Crippen LogP contribution in [0.5, 0.6) is 5.75 Å². The molecule has 1 aromatic carbocycles. The largest absolute Gasteiger partial charge is 0.493 e. The van der Waals surface area contributed by atoms with Crippen molar-refractivity contribution in [2.24, 2.45) is 0 Å². The highest BCUT2D eigenvalue weighted by Gasteiger charge is 2.13. The number of aldehydes is 1. The molecule has 0 saturated heterocycles. The molecule has 1 rings (SSSR count). The maximum atomic E-state index is 10.1. The molecule has 0 radical (unpaired) electrons. The number of hydrogen-bond acceptors (Lipinski definition) is 2. The molecular weight excluding hydrogens is 188 g/mol. The second-order valence-electron chi connectivity index (χ2n) is 4.58. The predicted molar refractivity (Wildman–Crippen MR) is 61.3 cm³/mol. The molecule has 0 spiro atoms. The molecule has 1 aromatic rings. The molecule has 0 bridgehead atoms. The first-order valence-corrected chi connectivity index (χ1v) is 5.21. The summed E-state index contributed by atoms with van der Waals surface area (Å²) in [4.78, 5) is 10.1. The lowest BCUT2D eigenvalue weighted by Gasteiger charge is -2.19. The summed E-state index contributed by atoms with van der Waals surface area (Å²) in [5.74, 6) is 0.837. The Morgan fingerprint density at radius 1 is 1.33 bits per heavy atom. The number of hydrogen-bond donors (Lipinski definition) is 0. The minimum Gasteiger partial charge on any atom is -0.493 e. The zero-order valence-electron chi connectivity index (χ0n) is 9.62. The summed E-state index contributed by atoms with van der Waals surface area (Å²) in [5.41, 5.74) is 1.37. The van der Waals surface area contributed by atoms with Gasteiger partial charge in [-0.25, -0.2) is 0 Å². The lowest BCUT2D eigenvalue weighted by molar-refractivity contribution is -0.108. The van der Waals surface area contributed by atoms with E-state index in [1.54, 1.807) is 0 Å². The van der Waals surface area contributed by atoms with E-state index < -0.39 is 0 Å². The summed E-state index contributed by atoms with van der Waals surface area (Å²) < 4.78 is 5.45. The highest BCUT2D eigenvalue weighted by Crippen LogP contribution is 2.25. The standard InChI is InChI=1S/C13H18O2/c1-13(2,3)11-6-4-7-12(10-11)15-9-5-8-14/h4,6-8,10H,5,9H2,1-3H3. The smallest absolute Gasteiger partial charge is 0.123 e. The molecule has 0 aliphatic heterocycles. The molecule has 0 aliphatic carbocycles. The summed E-state index contributed by atoms with van der Waals surface area (Å²) >= 11 is 0. The fourth-order valence-electron chi connectivity index (χ4n) is 1.28. The molecule has 0 saturated carbocycles. The minimum atomic E-state index is 0.129. The number of carbonyl (C=O) groups is 1. The normalized spacial score (nSPS) is 11.1. The van der Waals surface area contributed by atoms with Crippen LogP contribution >= 0.6 is 0 Å². The third kappa shape index (κ3) is 3.74. The van der Waals surface area contributed by atoms with Gasteiger partial charge in [-0.3, -0.25) is 0 Å². The second-order valence-corrected chi connectivity index (χ2v) is 4.58. The van der Waals surface area contributed by atoms with Gasteiger partial charge in [-0.2, -0.15) is 0 Å². The fraction of sp³-hybridized carbons (Fsp3) is 0.462. The molecule has 0 atom stereocenters. The Morgan fingerprint density at radius 3 is 2.67 bits per heavy atom. The van der Waals surface area contributed by atoms with Crippen molar-refractivity contribution in [3.8, 4) is 5.75 Å². The third-order valence-corrected chi connectivity index (χ3v) is 2.20. The van der Waals surface area contributed by atoms with E-state index in [4.69, 9.17) is 4.74 Å². The van der Waals surface area contributed by atoms with E-state index in [1.165, 1.54) is 5.56 Å². The van der Waals surface area contributed by atoms with Crippen LogP contribution < -0.4 is 4.74 Å². The van der Waals surface area contributed by atoms with Gasteiger partial charge in [0.25, 0.3) is 0 Å². The Labute approximate surface area is 91.3 Å². The Morgan fingerprint density at radius 2 is 2.07 bits per heavy atom. The highest BCUT2D eigenvalue weighted by molar-refractivity contribution is 5.49. The molecule has 0 aliphatic rings. The van der Waals surface area contributed by atoms with Crippen molar-refractivity contribution in [2.45, 2.75) is 32.6 Å². The summed E-state index contributed by atoms with van der Waals surface area (Å²) in [7, 11) is 0. The van der Waals surface area contributed by atoms with E-state index in [0.717, 1.165) is 12.0 Å². The van der Waals surface area contributed by atoms with Crippen LogP contribution in [0.25, 0.3) is 0 Å². The first-order valence-electron chi connectivity index (χ1n) is 5.21. The average Bonchev–Trinajstić information content (AvgIpc) is 2.17. The third-order valence-electron chi connectivity index (χ3n) is 2.20. The van der Waals surface area contributed by atoms with E-state index in [2.05, 4.69) is 26.8 Å². The molecule has 0 N–H and O–H groups in total. The van der Waals surface area contributed by atoms with Crippen LogP contribution in [-0.4, -0.2) is 12.9 Å². The lowest BCUT2D eigenvalue weighted by atomic mass is 9.87. The number of carbonyl (C=O) groups excluding carboxylic acids is 1. The van der Waals surface area contributed by atoms with E-state index >= 15 is 0 Å². The maximum Gasteiger partial charge on any atom is 0.123 e. The topological polar surface area (TPSA) is 26.3 Å². The highest BCUT2D eigenvalue weighted by atomic mass is 16.5. The van der Waals surface area contributed by atoms with Gasteiger partial charge in [0.05, 0.1) is 6.61 Å². The van der Waals surface area contributed by atoms with Crippen LogP contribution in [0.15, 0.2) is 24.3 Å². The van der Waals surface area contributed by atoms with Crippen LogP contribution in [0.4, 0.5) is 0 Å². The van der Waals surface area contributed by atoms with E-state index in [1.807, 2.05) is 18.2 Å². The van der Waals surface area contributed by atoms with Gasteiger partial charge in [0, 0.05) is 6.42 Å². The van der Waals surface area contributed by atoms with Crippen molar-refractivity contribution in [2.75, 3.05) is 6.61 Å². The van der Waals surface area contributed by atoms with Crippen molar-refractivity contribution >= 4 is 6.29 Å². The van der Waals surface area contributed by atoms with Crippen molar-refractivity contribution in [1.82, 2.24) is 0 Å². The molecule has 0 aromatic heterocycles. The number of ether oxygens (including phenoxy) is 1. The molecule has 0 unspecified atom stereocenters. The van der Waals surface area contributed by atoms with Crippen LogP contribution in [0.3, 0.4) is 0 Å². The van der Waals surface area contributed by atoms with Gasteiger partial charge in [0.15, 0.2) is 0 Å². The maximum absolute atomic E-state index is 10.1. The van der Waals surface area contributed by atoms with E-state index in [-0.39, 0.29) is 5.41 Å². The molecule has 2 heteroatoms. The predicted octanol–water partition coefficient (Wildman–Crippen LogP) is 2.95. The molecule has 0 amide bonds. The molecular formula is C13H18O2. The van der Waals surface area contributed by atoms with E-state index in [0.29, 0.717) is 13.0 Å². The molecule has 2 nitrogen and oxygen atoms in total. The summed E-state index contributed by atoms with van der Waals surface area (Å²) in [6, 6.07) is 8.02.